The Morgan fingerprint density at radius 2 is 1.81 bits per heavy atom. The van der Waals surface area contributed by atoms with Crippen LogP contribution >= 0.6 is 17.0 Å². The Morgan fingerprint density at radius 1 is 1.23 bits per heavy atom. The van der Waals surface area contributed by atoms with E-state index in [-0.39, 0.29) is 58.0 Å². The average Bonchev–Trinajstić information content (AvgIpc) is 2.87. The van der Waals surface area contributed by atoms with Crippen LogP contribution in [0, 0.1) is 5.82 Å². The Kier molecular flexibility index (Phi) is 8.17. The van der Waals surface area contributed by atoms with Crippen LogP contribution in [0.1, 0.15) is 57.8 Å². The molecule has 0 saturated carbocycles. The zero-order chi connectivity index (χ0) is 18.8. The van der Waals surface area contributed by atoms with Crippen molar-refractivity contribution in [3.63, 3.8) is 0 Å². The Bertz CT molecular complexity index is 605. The molecule has 1 aromatic carbocycles. The van der Waals surface area contributed by atoms with Gasteiger partial charge in [-0.2, -0.15) is 0 Å². The number of carbonyl (C=O) groups is 1. The van der Waals surface area contributed by atoms with Gasteiger partial charge in [-0.3, -0.25) is 9.69 Å². The maximum absolute atomic E-state index is 13.1. The van der Waals surface area contributed by atoms with E-state index in [4.69, 9.17) is 10.2 Å². The quantitative estimate of drug-likeness (QED) is 0.532. The average molecular weight is 445 g/mol. The number of likely N-dealkylation sites (tertiary alicyclic amines) is 1. The van der Waals surface area contributed by atoms with Crippen molar-refractivity contribution in [3.05, 3.63) is 35.6 Å². The van der Waals surface area contributed by atoms with E-state index in [1.54, 1.807) is 0 Å². The number of nitrogens with zero attached hydrogens (tertiary/aromatic N) is 1. The highest BCUT2D eigenvalue weighted by atomic mass is 79.9. The second-order valence-corrected chi connectivity index (χ2v) is 10.2. The first-order chi connectivity index (χ1) is 11.5. The maximum Gasteiger partial charge on any atom is 0.236 e. The lowest BCUT2D eigenvalue weighted by Gasteiger charge is -2.40. The summed E-state index contributed by atoms with van der Waals surface area (Å²) in [6.45, 7) is 10.8. The number of nitrogens with two attached hydrogens (primary N) is 1. The van der Waals surface area contributed by atoms with Crippen molar-refractivity contribution in [1.82, 2.24) is 4.90 Å². The molecule has 4 nitrogen and oxygen atoms in total. The lowest BCUT2D eigenvalue weighted by molar-refractivity contribution is 0.00999. The lowest BCUT2D eigenvalue weighted by Crippen LogP contribution is -2.54. The molecule has 146 valence electrons. The summed E-state index contributed by atoms with van der Waals surface area (Å²) in [5, 5.41) is 0.104. The molecule has 1 aliphatic heterocycles. The number of hydrogen-bond acceptors (Lipinski definition) is 4. The van der Waals surface area contributed by atoms with Crippen LogP contribution in [0.5, 0.6) is 0 Å². The van der Waals surface area contributed by atoms with Crippen molar-refractivity contribution in [3.8, 4) is 0 Å². The fraction of sp³-hybridized carbons (Fsp3) is 0.632. The molecule has 7 heteroatoms. The van der Waals surface area contributed by atoms with E-state index >= 15 is 0 Å². The highest BCUT2D eigenvalue weighted by Crippen LogP contribution is 2.33. The zero-order valence-electron chi connectivity index (χ0n) is 16.2. The van der Waals surface area contributed by atoms with Crippen molar-refractivity contribution in [2.24, 2.45) is 5.73 Å². The number of carbonyl (C=O) groups excluding carboxylic acids is 1. The van der Waals surface area contributed by atoms with Gasteiger partial charge in [-0.15, -0.1) is 17.0 Å². The fourth-order valence-electron chi connectivity index (χ4n) is 3.11. The number of Topliss-reactive ketones (excluding diaryl/α,β-unsaturated/α-hetero) is 1. The Hall–Kier alpha value is -0.603. The molecule has 0 aromatic heterocycles. The van der Waals surface area contributed by atoms with E-state index in [2.05, 4.69) is 34.6 Å². The molecule has 0 aliphatic carbocycles. The SMILES string of the molecule is Br.CC(C)(C)[Si]OC(C)(C)C1CC[C@@H](N)N1CC(=O)c1ccc(F)cc1. The summed E-state index contributed by atoms with van der Waals surface area (Å²) in [6, 6.07) is 5.76. The van der Waals surface area contributed by atoms with Gasteiger partial charge in [0, 0.05) is 11.6 Å². The fourth-order valence-corrected chi connectivity index (χ4v) is 3.82. The highest BCUT2D eigenvalue weighted by Gasteiger charge is 2.42. The largest absolute Gasteiger partial charge is 0.410 e. The molecule has 0 spiro atoms. The van der Waals surface area contributed by atoms with Gasteiger partial charge >= 0.3 is 0 Å². The van der Waals surface area contributed by atoms with Gasteiger partial charge in [0.25, 0.3) is 0 Å². The van der Waals surface area contributed by atoms with Crippen LogP contribution in [0.4, 0.5) is 4.39 Å². The van der Waals surface area contributed by atoms with Crippen LogP contribution in [0.2, 0.25) is 5.04 Å². The third kappa shape index (κ3) is 6.23. The first-order valence-corrected chi connectivity index (χ1v) is 9.66. The first-order valence-electron chi connectivity index (χ1n) is 8.75. The minimum atomic E-state index is -0.386. The molecule has 0 bridgehead atoms. The molecule has 0 amide bonds. The number of rotatable bonds is 6. The molecule has 1 aromatic rings. The topological polar surface area (TPSA) is 55.6 Å². The minimum absolute atomic E-state index is 0. The van der Waals surface area contributed by atoms with Gasteiger partial charge in [0.2, 0.25) is 9.76 Å². The standard InChI is InChI=1S/C19H29FN2O2Si.BrH/c1-18(2,3)25-24-19(4,5)16-10-11-17(21)22(16)12-15(23)13-6-8-14(20)9-7-13;/h6-9,16-17H,10-12,21H2,1-5H3;1H/t16?,17-;/m0./s1. The van der Waals surface area contributed by atoms with E-state index < -0.39 is 0 Å². The Morgan fingerprint density at radius 3 is 2.35 bits per heavy atom. The molecule has 1 fully saturated rings. The van der Waals surface area contributed by atoms with Gasteiger partial charge in [-0.25, -0.2) is 4.39 Å². The normalized spacial score (nSPS) is 21.5. The van der Waals surface area contributed by atoms with Gasteiger partial charge in [0.15, 0.2) is 5.78 Å². The smallest absolute Gasteiger partial charge is 0.236 e. The lowest BCUT2D eigenvalue weighted by atomic mass is 9.96. The number of ketones is 1. The number of hydrogen-bond donors (Lipinski definition) is 1. The van der Waals surface area contributed by atoms with Crippen LogP contribution in [0.3, 0.4) is 0 Å². The molecule has 26 heavy (non-hydrogen) atoms. The van der Waals surface area contributed by atoms with E-state index in [0.717, 1.165) is 12.8 Å². The summed E-state index contributed by atoms with van der Waals surface area (Å²) in [5.41, 5.74) is 6.38. The molecule has 2 atom stereocenters. The number of halogens is 2. The molecule has 1 saturated heterocycles. The molecule has 1 unspecified atom stereocenters. The molecule has 2 N–H and O–H groups in total. The molecule has 2 rings (SSSR count). The second kappa shape index (κ2) is 9.06. The Balaban J connectivity index is 0.00000338. The van der Waals surface area contributed by atoms with Crippen LogP contribution in [-0.2, 0) is 4.43 Å². The molecule has 1 aliphatic rings. The van der Waals surface area contributed by atoms with E-state index in [0.29, 0.717) is 15.3 Å². The first kappa shape index (κ1) is 23.4. The minimum Gasteiger partial charge on any atom is -0.410 e. The van der Waals surface area contributed by atoms with Crippen LogP contribution in [0.25, 0.3) is 0 Å². The zero-order valence-corrected chi connectivity index (χ0v) is 18.9. The molecule has 2 radical (unpaired) electrons. The van der Waals surface area contributed by atoms with Gasteiger partial charge < -0.3 is 10.2 Å². The highest BCUT2D eigenvalue weighted by molar-refractivity contribution is 8.93. The predicted octanol–water partition coefficient (Wildman–Crippen LogP) is 3.97. The summed E-state index contributed by atoms with van der Waals surface area (Å²) >= 11 is 0. The molecule has 1 heterocycles. The van der Waals surface area contributed by atoms with Crippen LogP contribution < -0.4 is 5.73 Å². The third-order valence-electron chi connectivity index (χ3n) is 4.48. The molecular formula is C19H30BrFN2O2Si. The summed E-state index contributed by atoms with van der Waals surface area (Å²) in [4.78, 5) is 14.6. The van der Waals surface area contributed by atoms with Gasteiger partial charge in [-0.05, 0) is 56.0 Å². The maximum atomic E-state index is 13.1. The molecular weight excluding hydrogens is 415 g/mol. The Labute approximate surface area is 169 Å². The summed E-state index contributed by atoms with van der Waals surface area (Å²) in [5.74, 6) is -0.388. The summed E-state index contributed by atoms with van der Waals surface area (Å²) in [6.07, 6.45) is 1.59. The van der Waals surface area contributed by atoms with Crippen LogP contribution in [0.15, 0.2) is 24.3 Å². The van der Waals surface area contributed by atoms with Gasteiger partial charge in [-0.1, -0.05) is 20.8 Å². The van der Waals surface area contributed by atoms with E-state index in [1.165, 1.54) is 24.3 Å². The third-order valence-corrected chi connectivity index (χ3v) is 5.72. The van der Waals surface area contributed by atoms with E-state index in [1.807, 2.05) is 4.90 Å². The van der Waals surface area contributed by atoms with Crippen molar-refractivity contribution >= 4 is 32.5 Å². The second-order valence-electron chi connectivity index (χ2n) is 8.32. The summed E-state index contributed by atoms with van der Waals surface area (Å²) in [7, 11) is 0.375. The summed E-state index contributed by atoms with van der Waals surface area (Å²) < 4.78 is 19.3. The van der Waals surface area contributed by atoms with Crippen molar-refractivity contribution < 1.29 is 13.6 Å². The van der Waals surface area contributed by atoms with Crippen molar-refractivity contribution in [2.75, 3.05) is 6.54 Å². The van der Waals surface area contributed by atoms with Gasteiger partial charge in [0.05, 0.1) is 18.3 Å². The van der Waals surface area contributed by atoms with Gasteiger partial charge in [0.1, 0.15) is 5.82 Å². The van der Waals surface area contributed by atoms with Crippen LogP contribution in [-0.4, -0.2) is 44.8 Å². The number of benzene rings is 1. The predicted molar refractivity (Wildman–Crippen MR) is 109 cm³/mol. The monoisotopic (exact) mass is 444 g/mol. The van der Waals surface area contributed by atoms with E-state index in [9.17, 15) is 9.18 Å². The van der Waals surface area contributed by atoms with Crippen molar-refractivity contribution in [1.29, 1.82) is 0 Å². The van der Waals surface area contributed by atoms with Crippen molar-refractivity contribution in [2.45, 2.75) is 70.3 Å².